The second-order valence-electron chi connectivity index (χ2n) is 15.9. The summed E-state index contributed by atoms with van der Waals surface area (Å²) in [7, 11) is 0. The third kappa shape index (κ3) is 16.0. The van der Waals surface area contributed by atoms with Gasteiger partial charge in [-0.15, -0.1) is 0 Å². The number of para-hydroxylation sites is 4. The lowest BCUT2D eigenvalue weighted by atomic mass is 10.0. The fourth-order valence-electron chi connectivity index (χ4n) is 6.99. The second kappa shape index (κ2) is 25.7. The normalized spacial score (nSPS) is 10.8. The van der Waals surface area contributed by atoms with Gasteiger partial charge in [0.25, 0.3) is 5.69 Å². The number of aromatic hydroxyl groups is 3. The van der Waals surface area contributed by atoms with Crippen LogP contribution in [0.5, 0.6) is 17.2 Å². The molecular weight excluding hydrogens is 1060 g/mol. The highest BCUT2D eigenvalue weighted by Crippen LogP contribution is 2.41. The zero-order valence-corrected chi connectivity index (χ0v) is 40.9. The Kier molecular flexibility index (Phi) is 18.9. The minimum Gasteiger partial charge on any atom is -0.506 e. The fourth-order valence-corrected chi connectivity index (χ4v) is 7.34. The quantitative estimate of drug-likeness (QED) is 0.0276. The van der Waals surface area contributed by atoms with Crippen molar-refractivity contribution < 1.29 is 61.0 Å². The van der Waals surface area contributed by atoms with Crippen molar-refractivity contribution in [2.75, 3.05) is 31.9 Å². The molecule has 0 atom stereocenters. The smallest absolute Gasteiger partial charge is 0.420 e. The van der Waals surface area contributed by atoms with E-state index in [9.17, 15) is 66.2 Å². The summed E-state index contributed by atoms with van der Waals surface area (Å²) in [5.41, 5.74) is 1.58. The van der Waals surface area contributed by atoms with Crippen molar-refractivity contribution >= 4 is 81.1 Å². The molecule has 0 saturated carbocycles. The van der Waals surface area contributed by atoms with Crippen molar-refractivity contribution in [1.29, 1.82) is 0 Å². The van der Waals surface area contributed by atoms with Gasteiger partial charge in [-0.3, -0.25) is 10.1 Å². The molecule has 0 spiro atoms. The number of hydrogen-bond acceptors (Lipinski definition) is 8. The zero-order chi connectivity index (χ0) is 55.9. The Morgan fingerprint density at radius 1 is 0.481 bits per heavy atom. The molecule has 396 valence electrons. The molecule has 15 nitrogen and oxygen atoms in total. The van der Waals surface area contributed by atoms with Gasteiger partial charge in [-0.2, -0.15) is 26.3 Å². The lowest BCUT2D eigenvalue weighted by Gasteiger charge is -2.15. The minimum absolute atomic E-state index is 0.0811. The van der Waals surface area contributed by atoms with Crippen molar-refractivity contribution in [2.24, 2.45) is 0 Å². The van der Waals surface area contributed by atoms with Crippen LogP contribution in [0.25, 0.3) is 11.1 Å². The highest BCUT2D eigenvalue weighted by Gasteiger charge is 2.36. The molecule has 8 aromatic rings. The Balaban J connectivity index is 0.000000188. The summed E-state index contributed by atoms with van der Waals surface area (Å²) in [6.07, 6.45) is -8.81. The summed E-state index contributed by atoms with van der Waals surface area (Å²) in [5.74, 6) is -2.49. The van der Waals surface area contributed by atoms with Crippen LogP contribution in [-0.2, 0) is 18.8 Å². The lowest BCUT2D eigenvalue weighted by molar-refractivity contribution is -0.384. The molecule has 6 amide bonds. The van der Waals surface area contributed by atoms with Gasteiger partial charge >= 0.3 is 30.4 Å². The van der Waals surface area contributed by atoms with Crippen molar-refractivity contribution in [3.63, 3.8) is 0 Å². The molecule has 0 unspecified atom stereocenters. The highest BCUT2D eigenvalue weighted by molar-refractivity contribution is 6.44. The number of benzene rings is 8. The van der Waals surface area contributed by atoms with Crippen molar-refractivity contribution in [2.45, 2.75) is 18.8 Å². The molecule has 9 N–H and O–H groups in total. The van der Waals surface area contributed by atoms with E-state index in [1.807, 2.05) is 91.0 Å². The average molecular weight is 1100 g/mol. The number of carbonyl (C=O) groups excluding carboxylic acids is 3. The molecule has 0 saturated heterocycles. The molecule has 8 aromatic carbocycles. The number of nitro benzene ring substituents is 1. The Morgan fingerprint density at radius 2 is 0.909 bits per heavy atom. The maximum Gasteiger partial charge on any atom is 0.420 e. The van der Waals surface area contributed by atoms with Gasteiger partial charge < -0.3 is 47.2 Å². The van der Waals surface area contributed by atoms with Crippen molar-refractivity contribution in [3.05, 3.63) is 224 Å². The number of nitro groups is 1. The fraction of sp³-hybridized carbons (Fsp3) is 0.0556. The number of nitrogens with one attached hydrogen (secondary N) is 6. The van der Waals surface area contributed by atoms with Crippen LogP contribution in [-0.4, -0.2) is 38.3 Å². The number of non-ortho nitro benzene ring substituents is 1. The van der Waals surface area contributed by atoms with Crippen LogP contribution in [0.2, 0.25) is 10.0 Å². The summed E-state index contributed by atoms with van der Waals surface area (Å²) in [4.78, 5) is 46.5. The number of anilines is 6. The predicted octanol–water partition coefficient (Wildman–Crippen LogP) is 15.6. The summed E-state index contributed by atoms with van der Waals surface area (Å²) in [6.45, 7) is 0. The van der Waals surface area contributed by atoms with E-state index in [4.69, 9.17) is 23.2 Å². The number of rotatable bonds is 10. The number of nitrogens with zero attached hydrogens (tertiary/aromatic N) is 1. The van der Waals surface area contributed by atoms with E-state index in [1.165, 1.54) is 36.4 Å². The molecule has 8 rings (SSSR count). The summed E-state index contributed by atoms with van der Waals surface area (Å²) in [6, 6.07) is 45.3. The van der Waals surface area contributed by atoms with E-state index in [0.29, 0.717) is 23.9 Å². The molecule has 0 aliphatic heterocycles. The van der Waals surface area contributed by atoms with Crippen LogP contribution in [0.4, 0.5) is 80.5 Å². The molecular formula is C54H41Cl2F6N7O8. The molecule has 0 aliphatic rings. The summed E-state index contributed by atoms with van der Waals surface area (Å²) < 4.78 is 76.7. The standard InChI is InChI=1S/C20H15F3N2O2.C20H17N3O4.C14H9Cl2F3N2O2/c21-20(22,23)15-10-6-12-17(18(15)26)25-19(27)24-16-11-5-4-9-14(16)13-7-2-1-3-8-13;24-19-13-16(23(26)27)10-11-18(19)22-20(25)21-17-9-5-4-8-15(17)12-14-6-2-1-3-7-14;15-8-4-2-5-9(11(8)16)20-13(23)21-10-6-1-3-7(12(10)22)14(17,18)19/h1-12,26H,(H2,24,25,27);1-11,13,24H,12H2,(H2,21,22,25);1-6,22H,(H2,20,21,23). The van der Waals surface area contributed by atoms with E-state index < -0.39 is 63.7 Å². The van der Waals surface area contributed by atoms with Crippen molar-refractivity contribution in [3.8, 4) is 28.4 Å². The van der Waals surface area contributed by atoms with Crippen LogP contribution in [0.3, 0.4) is 0 Å². The number of halogens is 8. The SMILES string of the molecule is O=C(Nc1ccc([N+](=O)[O-])cc1O)Nc1ccccc1Cc1ccccc1.O=C(Nc1cccc(C(F)(F)F)c1O)Nc1cccc(Cl)c1Cl.O=C(Nc1ccccc1-c1ccccc1)Nc1cccc(C(F)(F)F)c1O. The number of carbonyl (C=O) groups is 3. The first kappa shape index (κ1) is 56.8. The summed E-state index contributed by atoms with van der Waals surface area (Å²) in [5, 5.41) is 54.8. The molecule has 0 aliphatic carbocycles. The van der Waals surface area contributed by atoms with Gasteiger partial charge in [-0.05, 0) is 77.7 Å². The van der Waals surface area contributed by atoms with Crippen LogP contribution in [0.15, 0.2) is 182 Å². The molecule has 0 aromatic heterocycles. The van der Waals surface area contributed by atoms with Crippen LogP contribution >= 0.6 is 23.2 Å². The third-order valence-corrected chi connectivity index (χ3v) is 11.4. The maximum atomic E-state index is 12.9. The molecule has 0 bridgehead atoms. The van der Waals surface area contributed by atoms with Crippen LogP contribution < -0.4 is 31.9 Å². The van der Waals surface area contributed by atoms with Crippen molar-refractivity contribution in [1.82, 2.24) is 0 Å². The molecule has 77 heavy (non-hydrogen) atoms. The minimum atomic E-state index is -4.74. The van der Waals surface area contributed by atoms with E-state index in [-0.39, 0.29) is 38.5 Å². The monoisotopic (exact) mass is 1100 g/mol. The van der Waals surface area contributed by atoms with Gasteiger partial charge in [0.1, 0.15) is 5.75 Å². The number of urea groups is 3. The van der Waals surface area contributed by atoms with E-state index in [1.54, 1.807) is 18.2 Å². The zero-order valence-electron chi connectivity index (χ0n) is 39.4. The number of amides is 6. The predicted molar refractivity (Wildman–Crippen MR) is 283 cm³/mol. The number of phenols is 3. The Labute approximate surface area is 443 Å². The Bertz CT molecular complexity index is 3390. The number of alkyl halides is 6. The summed E-state index contributed by atoms with van der Waals surface area (Å²) >= 11 is 11.7. The van der Waals surface area contributed by atoms with Crippen LogP contribution in [0, 0.1) is 10.1 Å². The third-order valence-electron chi connectivity index (χ3n) is 10.6. The first-order valence-electron chi connectivity index (χ1n) is 22.3. The van der Waals surface area contributed by atoms with Gasteiger partial charge in [0.15, 0.2) is 11.5 Å². The number of hydrogen-bond donors (Lipinski definition) is 9. The highest BCUT2D eigenvalue weighted by atomic mass is 35.5. The van der Waals surface area contributed by atoms with Gasteiger partial charge in [0, 0.05) is 17.3 Å². The van der Waals surface area contributed by atoms with E-state index >= 15 is 0 Å². The van der Waals surface area contributed by atoms with Gasteiger partial charge in [-0.25, -0.2) is 14.4 Å². The maximum absolute atomic E-state index is 12.9. The van der Waals surface area contributed by atoms with E-state index in [2.05, 4.69) is 31.9 Å². The lowest BCUT2D eigenvalue weighted by Crippen LogP contribution is -2.20. The number of phenolic OH excluding ortho intramolecular Hbond substituents is 3. The molecule has 0 fully saturated rings. The topological polar surface area (TPSA) is 227 Å². The first-order valence-corrected chi connectivity index (χ1v) is 23.0. The van der Waals surface area contributed by atoms with Gasteiger partial charge in [-0.1, -0.05) is 138 Å². The molecule has 0 radical (unpaired) electrons. The molecule has 0 heterocycles. The first-order chi connectivity index (χ1) is 36.6. The second-order valence-corrected chi connectivity index (χ2v) is 16.7. The Hall–Kier alpha value is -9.47. The Morgan fingerprint density at radius 3 is 1.45 bits per heavy atom. The molecule has 23 heteroatoms. The van der Waals surface area contributed by atoms with E-state index in [0.717, 1.165) is 52.6 Å². The van der Waals surface area contributed by atoms with Gasteiger partial charge in [0.05, 0.1) is 60.6 Å². The van der Waals surface area contributed by atoms with Gasteiger partial charge in [0.2, 0.25) is 0 Å². The largest absolute Gasteiger partial charge is 0.506 e. The average Bonchev–Trinajstić information content (AvgIpc) is 3.38. The van der Waals surface area contributed by atoms with Crippen LogP contribution in [0.1, 0.15) is 22.3 Å².